The maximum Gasteiger partial charge on any atom is 0.0571 e. The maximum absolute atomic E-state index is 8.68. The zero-order chi connectivity index (χ0) is 10.8. The highest BCUT2D eigenvalue weighted by molar-refractivity contribution is 4.65. The maximum atomic E-state index is 8.68. The zero-order valence-electron chi connectivity index (χ0n) is 9.96. The molecule has 0 aromatic carbocycles. The molecule has 0 saturated heterocycles. The van der Waals surface area contributed by atoms with Crippen molar-refractivity contribution in [1.29, 1.82) is 0 Å². The fraction of sp³-hybridized carbons (Fsp3) is 1.00. The third-order valence-corrected chi connectivity index (χ3v) is 2.61. The first-order chi connectivity index (χ1) is 6.70. The van der Waals surface area contributed by atoms with Gasteiger partial charge < -0.3 is 9.84 Å². The molecule has 0 heterocycles. The van der Waals surface area contributed by atoms with Gasteiger partial charge in [0.1, 0.15) is 0 Å². The molecule has 1 aliphatic carbocycles. The Labute approximate surface area is 88.7 Å². The molecule has 1 rings (SSSR count). The van der Waals surface area contributed by atoms with Crippen molar-refractivity contribution in [2.45, 2.75) is 71.0 Å². The van der Waals surface area contributed by atoms with Crippen molar-refractivity contribution < 1.29 is 9.84 Å². The summed E-state index contributed by atoms with van der Waals surface area (Å²) in [5.74, 6) is 0. The third-order valence-electron chi connectivity index (χ3n) is 2.61. The zero-order valence-corrected chi connectivity index (χ0v) is 9.96. The molecule has 1 saturated carbocycles. The van der Waals surface area contributed by atoms with Gasteiger partial charge >= 0.3 is 0 Å². The van der Waals surface area contributed by atoms with E-state index in [2.05, 4.69) is 6.92 Å². The van der Waals surface area contributed by atoms with Gasteiger partial charge in [-0.25, -0.2) is 0 Å². The van der Waals surface area contributed by atoms with Gasteiger partial charge in [-0.2, -0.15) is 0 Å². The van der Waals surface area contributed by atoms with Crippen molar-refractivity contribution in [2.75, 3.05) is 7.11 Å². The molecule has 1 unspecified atom stereocenters. The average molecular weight is 202 g/mol. The van der Waals surface area contributed by atoms with Crippen LogP contribution in [0.1, 0.15) is 58.8 Å². The predicted octanol–water partition coefficient (Wildman–Crippen LogP) is 3.13. The Morgan fingerprint density at radius 2 is 1.93 bits per heavy atom. The molecular formula is C12H26O2. The molecule has 1 N–H and O–H groups in total. The smallest absolute Gasteiger partial charge is 0.0571 e. The Kier molecular flexibility index (Phi) is 9.42. The van der Waals surface area contributed by atoms with E-state index < -0.39 is 0 Å². The summed E-state index contributed by atoms with van der Waals surface area (Å²) in [6.07, 6.45) is 9.11. The molecule has 2 heteroatoms. The highest BCUT2D eigenvalue weighted by Gasteiger charge is 2.12. The van der Waals surface area contributed by atoms with Crippen LogP contribution in [0.5, 0.6) is 0 Å². The molecule has 14 heavy (non-hydrogen) atoms. The number of unbranched alkanes of at least 4 members (excludes halogenated alkanes) is 1. The van der Waals surface area contributed by atoms with Crippen LogP contribution in [-0.2, 0) is 4.74 Å². The minimum atomic E-state index is -0.0973. The van der Waals surface area contributed by atoms with E-state index in [0.29, 0.717) is 6.10 Å². The lowest BCUT2D eigenvalue weighted by Gasteiger charge is -2.02. The van der Waals surface area contributed by atoms with Crippen LogP contribution in [0.3, 0.4) is 0 Å². The van der Waals surface area contributed by atoms with Crippen LogP contribution in [0.4, 0.5) is 0 Å². The summed E-state index contributed by atoms with van der Waals surface area (Å²) in [6.45, 7) is 3.96. The van der Waals surface area contributed by atoms with Gasteiger partial charge in [0.2, 0.25) is 0 Å². The van der Waals surface area contributed by atoms with Crippen LogP contribution >= 0.6 is 0 Å². The molecule has 2 nitrogen and oxygen atoms in total. The number of hydrogen-bond acceptors (Lipinski definition) is 2. The lowest BCUT2D eigenvalue weighted by Crippen LogP contribution is -2.01. The van der Waals surface area contributed by atoms with E-state index in [9.17, 15) is 0 Å². The highest BCUT2D eigenvalue weighted by atomic mass is 16.5. The second-order valence-corrected chi connectivity index (χ2v) is 4.13. The van der Waals surface area contributed by atoms with Crippen molar-refractivity contribution in [2.24, 2.45) is 0 Å². The number of ether oxygens (including phenoxy) is 1. The van der Waals surface area contributed by atoms with E-state index in [1.165, 1.54) is 32.1 Å². The van der Waals surface area contributed by atoms with Gasteiger partial charge in [0.05, 0.1) is 12.2 Å². The summed E-state index contributed by atoms with van der Waals surface area (Å²) in [6, 6.07) is 0. The summed E-state index contributed by atoms with van der Waals surface area (Å²) in [4.78, 5) is 0. The summed E-state index contributed by atoms with van der Waals surface area (Å²) in [5, 5.41) is 8.68. The van der Waals surface area contributed by atoms with Crippen molar-refractivity contribution >= 4 is 0 Å². The van der Waals surface area contributed by atoms with Crippen LogP contribution < -0.4 is 0 Å². The Morgan fingerprint density at radius 3 is 2.14 bits per heavy atom. The summed E-state index contributed by atoms with van der Waals surface area (Å²) < 4.78 is 5.11. The Balaban J connectivity index is 0.000000241. The first kappa shape index (κ1) is 13.9. The van der Waals surface area contributed by atoms with Crippen LogP contribution in [0, 0.1) is 0 Å². The molecule has 1 aliphatic rings. The van der Waals surface area contributed by atoms with Gasteiger partial charge in [-0.1, -0.05) is 32.6 Å². The number of aliphatic hydroxyl groups excluding tert-OH is 1. The fourth-order valence-electron chi connectivity index (χ4n) is 1.62. The van der Waals surface area contributed by atoms with Crippen molar-refractivity contribution in [3.05, 3.63) is 0 Å². The average Bonchev–Trinajstić information content (AvgIpc) is 2.68. The molecule has 0 radical (unpaired) electrons. The molecule has 0 bridgehead atoms. The quantitative estimate of drug-likeness (QED) is 0.759. The molecule has 1 fully saturated rings. The van der Waals surface area contributed by atoms with Gasteiger partial charge in [-0.15, -0.1) is 0 Å². The topological polar surface area (TPSA) is 29.5 Å². The molecule has 0 aromatic heterocycles. The van der Waals surface area contributed by atoms with Gasteiger partial charge in [0.15, 0.2) is 0 Å². The van der Waals surface area contributed by atoms with Gasteiger partial charge in [0, 0.05) is 7.11 Å². The van der Waals surface area contributed by atoms with Crippen molar-refractivity contribution in [1.82, 2.24) is 0 Å². The molecule has 0 amide bonds. The van der Waals surface area contributed by atoms with Gasteiger partial charge in [0.25, 0.3) is 0 Å². The van der Waals surface area contributed by atoms with E-state index in [1.807, 2.05) is 6.92 Å². The molecule has 0 spiro atoms. The van der Waals surface area contributed by atoms with Crippen molar-refractivity contribution in [3.8, 4) is 0 Å². The van der Waals surface area contributed by atoms with E-state index in [-0.39, 0.29) is 6.10 Å². The monoisotopic (exact) mass is 202 g/mol. The molecule has 0 aliphatic heterocycles. The third kappa shape index (κ3) is 8.52. The standard InChI is InChI=1S/C6H12O.C6H14O/c1-7-6-4-2-3-5-6;1-3-4-5-6(2)7/h6H,2-5H2,1H3;6-7H,3-5H2,1-2H3. The number of hydrogen-bond donors (Lipinski definition) is 1. The molecule has 0 aromatic rings. The minimum Gasteiger partial charge on any atom is -0.393 e. The Hall–Kier alpha value is -0.0800. The highest BCUT2D eigenvalue weighted by Crippen LogP contribution is 2.19. The fourth-order valence-corrected chi connectivity index (χ4v) is 1.62. The number of aliphatic hydroxyl groups is 1. The van der Waals surface area contributed by atoms with Crippen LogP contribution in [-0.4, -0.2) is 24.4 Å². The molecule has 1 atom stereocenters. The van der Waals surface area contributed by atoms with E-state index in [4.69, 9.17) is 9.84 Å². The number of rotatable bonds is 4. The first-order valence-corrected chi connectivity index (χ1v) is 5.91. The van der Waals surface area contributed by atoms with E-state index in [0.717, 1.165) is 12.8 Å². The molecule has 86 valence electrons. The Morgan fingerprint density at radius 1 is 1.36 bits per heavy atom. The minimum absolute atomic E-state index is 0.0973. The van der Waals surface area contributed by atoms with Crippen LogP contribution in [0.15, 0.2) is 0 Å². The van der Waals surface area contributed by atoms with Crippen LogP contribution in [0.25, 0.3) is 0 Å². The molecular weight excluding hydrogens is 176 g/mol. The Bertz CT molecular complexity index is 107. The second-order valence-electron chi connectivity index (χ2n) is 4.13. The van der Waals surface area contributed by atoms with Gasteiger partial charge in [-0.3, -0.25) is 0 Å². The SMILES string of the molecule is CCCCC(C)O.COC1CCCC1. The lowest BCUT2D eigenvalue weighted by atomic mass is 10.2. The van der Waals surface area contributed by atoms with E-state index in [1.54, 1.807) is 7.11 Å². The largest absolute Gasteiger partial charge is 0.393 e. The van der Waals surface area contributed by atoms with Gasteiger partial charge in [-0.05, 0) is 26.2 Å². The normalized spacial score (nSPS) is 18.9. The predicted molar refractivity (Wildman–Crippen MR) is 60.5 cm³/mol. The van der Waals surface area contributed by atoms with Crippen molar-refractivity contribution in [3.63, 3.8) is 0 Å². The summed E-state index contributed by atoms with van der Waals surface area (Å²) in [5.41, 5.74) is 0. The number of methoxy groups -OCH3 is 1. The van der Waals surface area contributed by atoms with E-state index >= 15 is 0 Å². The summed E-state index contributed by atoms with van der Waals surface area (Å²) >= 11 is 0. The second kappa shape index (κ2) is 9.47. The first-order valence-electron chi connectivity index (χ1n) is 5.91. The lowest BCUT2D eigenvalue weighted by molar-refractivity contribution is 0.109. The van der Waals surface area contributed by atoms with Crippen LogP contribution in [0.2, 0.25) is 0 Å². The summed E-state index contributed by atoms with van der Waals surface area (Å²) in [7, 11) is 1.80.